The van der Waals surface area contributed by atoms with E-state index in [1.54, 1.807) is 6.07 Å². The Kier molecular flexibility index (Phi) is 4.67. The number of alkyl halides is 1. The maximum Gasteiger partial charge on any atom is 0.177 e. The number of halogens is 2. The number of hydrogen-bond acceptors (Lipinski definition) is 3. The smallest absolute Gasteiger partial charge is 0.177 e. The van der Waals surface area contributed by atoms with Crippen LogP contribution in [0, 0.1) is 0 Å². The minimum absolute atomic E-state index is 0.0556. The van der Waals surface area contributed by atoms with E-state index in [-0.39, 0.29) is 10.6 Å². The highest BCUT2D eigenvalue weighted by molar-refractivity contribution is 9.10. The summed E-state index contributed by atoms with van der Waals surface area (Å²) in [6.45, 7) is 3.23. The number of hydrogen-bond donors (Lipinski definition) is 0. The van der Waals surface area contributed by atoms with E-state index < -0.39 is 0 Å². The van der Waals surface area contributed by atoms with E-state index in [0.29, 0.717) is 30.3 Å². The van der Waals surface area contributed by atoms with Crippen molar-refractivity contribution in [2.75, 3.05) is 13.2 Å². The van der Waals surface area contributed by atoms with Gasteiger partial charge in [0.15, 0.2) is 17.3 Å². The lowest BCUT2D eigenvalue weighted by molar-refractivity contribution is 0.0989. The zero-order valence-corrected chi connectivity index (χ0v) is 13.2. The molecule has 0 radical (unpaired) electrons. The molecule has 2 rings (SSSR count). The molecule has 0 N–H and O–H groups in total. The van der Waals surface area contributed by atoms with Gasteiger partial charge in [-0.2, -0.15) is 0 Å². The Bertz CT molecular complexity index is 460. The highest BCUT2D eigenvalue weighted by atomic mass is 79.9. The molecule has 5 heteroatoms. The van der Waals surface area contributed by atoms with Gasteiger partial charge in [-0.25, -0.2) is 0 Å². The minimum Gasteiger partial charge on any atom is -0.490 e. The lowest BCUT2D eigenvalue weighted by Crippen LogP contribution is -2.14. The summed E-state index contributed by atoms with van der Waals surface area (Å²) in [5.41, 5.74) is 0.628. The molecule has 0 saturated carbocycles. The van der Waals surface area contributed by atoms with Crippen molar-refractivity contribution in [1.29, 1.82) is 0 Å². The number of Topliss-reactive ketones (excluding diaryl/α,β-unsaturated/α-hetero) is 1. The van der Waals surface area contributed by atoms with Gasteiger partial charge in [-0.15, -0.1) is 0 Å². The second-order valence-electron chi connectivity index (χ2n) is 4.07. The van der Waals surface area contributed by atoms with E-state index in [1.165, 1.54) is 0 Å². The average molecular weight is 378 g/mol. The van der Waals surface area contributed by atoms with Gasteiger partial charge in [-0.3, -0.25) is 4.79 Å². The number of ether oxygens (including phenoxy) is 2. The van der Waals surface area contributed by atoms with E-state index in [2.05, 4.69) is 31.9 Å². The Morgan fingerprint density at radius 2 is 1.94 bits per heavy atom. The van der Waals surface area contributed by atoms with Crippen molar-refractivity contribution in [3.05, 3.63) is 22.2 Å². The summed E-state index contributed by atoms with van der Waals surface area (Å²) in [4.78, 5) is 12.0. The fourth-order valence-electron chi connectivity index (χ4n) is 1.73. The maximum atomic E-state index is 12.2. The number of carbonyl (C=O) groups excluding carboxylic acids is 1. The molecule has 3 nitrogen and oxygen atoms in total. The summed E-state index contributed by atoms with van der Waals surface area (Å²) in [5.74, 6) is 1.40. The lowest BCUT2D eigenvalue weighted by atomic mass is 10.1. The first kappa shape index (κ1) is 13.9. The molecule has 1 aliphatic rings. The van der Waals surface area contributed by atoms with Gasteiger partial charge in [0.1, 0.15) is 0 Å². The van der Waals surface area contributed by atoms with E-state index >= 15 is 0 Å². The molecule has 0 spiro atoms. The van der Waals surface area contributed by atoms with Crippen LogP contribution in [0.4, 0.5) is 0 Å². The Hall–Kier alpha value is -0.550. The zero-order chi connectivity index (χ0) is 13.1. The molecule has 0 aromatic heterocycles. The molecule has 1 aromatic rings. The molecule has 0 saturated heterocycles. The highest BCUT2D eigenvalue weighted by Gasteiger charge is 2.21. The van der Waals surface area contributed by atoms with Gasteiger partial charge in [0.05, 0.1) is 18.0 Å². The Morgan fingerprint density at radius 3 is 2.56 bits per heavy atom. The van der Waals surface area contributed by atoms with Crippen molar-refractivity contribution in [1.82, 2.24) is 0 Å². The van der Waals surface area contributed by atoms with Gasteiger partial charge in [0.2, 0.25) is 0 Å². The average Bonchev–Trinajstić information content (AvgIpc) is 2.60. The summed E-state index contributed by atoms with van der Waals surface area (Å²) in [6.07, 6.45) is 1.60. The predicted octanol–water partition coefficient (Wildman–Crippen LogP) is 3.97. The third-order valence-corrected chi connectivity index (χ3v) is 4.46. The van der Waals surface area contributed by atoms with Crippen molar-refractivity contribution in [2.45, 2.75) is 24.6 Å². The van der Waals surface area contributed by atoms with Gasteiger partial charge < -0.3 is 9.47 Å². The molecule has 1 unspecified atom stereocenters. The number of ketones is 1. The van der Waals surface area contributed by atoms with Crippen LogP contribution in [0.25, 0.3) is 0 Å². The van der Waals surface area contributed by atoms with Crippen LogP contribution in [-0.4, -0.2) is 23.8 Å². The number of carbonyl (C=O) groups is 1. The second-order valence-corrected chi connectivity index (χ2v) is 6.03. The molecule has 1 heterocycles. The van der Waals surface area contributed by atoms with Crippen molar-refractivity contribution >= 4 is 37.6 Å². The molecule has 1 aliphatic heterocycles. The molecular formula is C13H14Br2O3. The van der Waals surface area contributed by atoms with Crippen LogP contribution >= 0.6 is 31.9 Å². The summed E-state index contributed by atoms with van der Waals surface area (Å²) in [6, 6.07) is 3.57. The third kappa shape index (κ3) is 2.88. The SMILES string of the molecule is CCC(Br)C(=O)c1cc2c(cc1Br)OCCCO2. The monoisotopic (exact) mass is 376 g/mol. The van der Waals surface area contributed by atoms with Crippen LogP contribution in [0.5, 0.6) is 11.5 Å². The maximum absolute atomic E-state index is 12.2. The Morgan fingerprint density at radius 1 is 1.33 bits per heavy atom. The van der Waals surface area contributed by atoms with Gasteiger partial charge in [0, 0.05) is 16.5 Å². The van der Waals surface area contributed by atoms with Crippen LogP contribution in [0.3, 0.4) is 0 Å². The van der Waals surface area contributed by atoms with Crippen molar-refractivity contribution < 1.29 is 14.3 Å². The minimum atomic E-state index is -0.168. The quantitative estimate of drug-likeness (QED) is 0.590. The summed E-state index contributed by atoms with van der Waals surface area (Å²) >= 11 is 6.80. The normalized spacial score (nSPS) is 15.9. The van der Waals surface area contributed by atoms with Crippen LogP contribution in [0.1, 0.15) is 30.1 Å². The predicted molar refractivity (Wildman–Crippen MR) is 77.1 cm³/mol. The highest BCUT2D eigenvalue weighted by Crippen LogP contribution is 2.36. The van der Waals surface area contributed by atoms with Crippen LogP contribution in [-0.2, 0) is 0 Å². The molecular weight excluding hydrogens is 364 g/mol. The van der Waals surface area contributed by atoms with E-state index in [9.17, 15) is 4.79 Å². The van der Waals surface area contributed by atoms with E-state index in [1.807, 2.05) is 13.0 Å². The number of fused-ring (bicyclic) bond motifs is 1. The first-order chi connectivity index (χ1) is 8.63. The molecule has 1 aromatic carbocycles. The lowest BCUT2D eigenvalue weighted by Gasteiger charge is -2.12. The molecule has 1 atom stereocenters. The molecule has 0 bridgehead atoms. The summed E-state index contributed by atoms with van der Waals surface area (Å²) in [7, 11) is 0. The number of benzene rings is 1. The molecule has 18 heavy (non-hydrogen) atoms. The van der Waals surface area contributed by atoms with Crippen molar-refractivity contribution in [3.8, 4) is 11.5 Å². The zero-order valence-electron chi connectivity index (χ0n) is 10.0. The van der Waals surface area contributed by atoms with Crippen molar-refractivity contribution in [2.24, 2.45) is 0 Å². The standard InChI is InChI=1S/C13H14Br2O3/c1-2-9(14)13(16)8-6-11-12(7-10(8)15)18-5-3-4-17-11/h6-7,9H,2-5H2,1H3. The first-order valence-corrected chi connectivity index (χ1v) is 7.61. The van der Waals surface area contributed by atoms with E-state index in [4.69, 9.17) is 9.47 Å². The molecule has 98 valence electrons. The van der Waals surface area contributed by atoms with Gasteiger partial charge in [-0.1, -0.05) is 22.9 Å². The van der Waals surface area contributed by atoms with Crippen LogP contribution < -0.4 is 9.47 Å². The summed E-state index contributed by atoms with van der Waals surface area (Å²) in [5, 5.41) is 0. The fraction of sp³-hybridized carbons (Fsp3) is 0.462. The fourth-order valence-corrected chi connectivity index (χ4v) is 2.49. The third-order valence-electron chi connectivity index (χ3n) is 2.75. The second kappa shape index (κ2) is 6.06. The molecule has 0 amide bonds. The first-order valence-electron chi connectivity index (χ1n) is 5.91. The summed E-state index contributed by atoms with van der Waals surface area (Å²) < 4.78 is 11.9. The van der Waals surface area contributed by atoms with Gasteiger partial charge in [-0.05, 0) is 34.5 Å². The Labute approximate surface area is 123 Å². The van der Waals surface area contributed by atoms with Crippen molar-refractivity contribution in [3.63, 3.8) is 0 Å². The Balaban J connectivity index is 2.37. The molecule has 0 aliphatic carbocycles. The topological polar surface area (TPSA) is 35.5 Å². The van der Waals surface area contributed by atoms with Crippen LogP contribution in [0.2, 0.25) is 0 Å². The van der Waals surface area contributed by atoms with E-state index in [0.717, 1.165) is 17.3 Å². The van der Waals surface area contributed by atoms with Crippen LogP contribution in [0.15, 0.2) is 16.6 Å². The largest absolute Gasteiger partial charge is 0.490 e. The van der Waals surface area contributed by atoms with Gasteiger partial charge >= 0.3 is 0 Å². The van der Waals surface area contributed by atoms with Gasteiger partial charge in [0.25, 0.3) is 0 Å². The molecule has 0 fully saturated rings. The number of rotatable bonds is 3.